The van der Waals surface area contributed by atoms with Gasteiger partial charge in [0.1, 0.15) is 6.10 Å². The number of unbranched alkanes of at least 4 members (excludes halogenated alkanes) is 23. The molecule has 0 aliphatic heterocycles. The first kappa shape index (κ1) is 47.9. The Balaban J connectivity index is 3.80. The van der Waals surface area contributed by atoms with E-state index in [0.717, 1.165) is 58.0 Å². The van der Waals surface area contributed by atoms with Crippen LogP contribution in [0.2, 0.25) is 0 Å². The van der Waals surface area contributed by atoms with Crippen molar-refractivity contribution in [1.29, 1.82) is 0 Å². The van der Waals surface area contributed by atoms with Crippen LogP contribution in [0.15, 0.2) is 0 Å². The molecule has 0 radical (unpaired) electrons. The second-order valence-corrected chi connectivity index (χ2v) is 15.4. The van der Waals surface area contributed by atoms with Crippen LogP contribution in [0.4, 0.5) is 0 Å². The molecule has 1 unspecified atom stereocenters. The van der Waals surface area contributed by atoms with Crippen LogP contribution in [0.5, 0.6) is 0 Å². The molecule has 0 aromatic heterocycles. The second kappa shape index (κ2) is 38.1. The van der Waals surface area contributed by atoms with E-state index in [2.05, 4.69) is 32.7 Å². The molecular weight excluding hydrogens is 606 g/mol. The summed E-state index contributed by atoms with van der Waals surface area (Å²) in [6.45, 7) is 11.1. The van der Waals surface area contributed by atoms with E-state index in [1.165, 1.54) is 154 Å². The zero-order valence-corrected chi connectivity index (χ0v) is 34.0. The number of ether oxygens (including phenoxy) is 2. The van der Waals surface area contributed by atoms with E-state index >= 15 is 0 Å². The number of esters is 2. The molecule has 0 saturated heterocycles. The van der Waals surface area contributed by atoms with Gasteiger partial charge < -0.3 is 14.4 Å². The van der Waals surface area contributed by atoms with E-state index < -0.39 is 0 Å². The Morgan fingerprint density at radius 1 is 0.429 bits per heavy atom. The lowest BCUT2D eigenvalue weighted by molar-refractivity contribution is -0.150. The lowest BCUT2D eigenvalue weighted by Crippen LogP contribution is -2.20. The number of carbonyl (C=O) groups excluding carboxylic acids is 2. The van der Waals surface area contributed by atoms with E-state index in [1.807, 2.05) is 6.92 Å². The van der Waals surface area contributed by atoms with E-state index in [4.69, 9.17) is 9.47 Å². The summed E-state index contributed by atoms with van der Waals surface area (Å²) in [5.41, 5.74) is 0. The lowest BCUT2D eigenvalue weighted by atomic mass is 10.0. The Morgan fingerprint density at radius 2 is 0.755 bits per heavy atom. The molecule has 49 heavy (non-hydrogen) atoms. The number of hydrogen-bond acceptors (Lipinski definition) is 5. The minimum absolute atomic E-state index is 0.00982. The summed E-state index contributed by atoms with van der Waals surface area (Å²) in [6.07, 6.45) is 39.2. The molecule has 0 bridgehead atoms. The number of nitrogens with zero attached hydrogens (tertiary/aromatic N) is 1. The Kier molecular flexibility index (Phi) is 37.3. The molecule has 292 valence electrons. The molecule has 0 aromatic rings. The van der Waals surface area contributed by atoms with Crippen molar-refractivity contribution in [3.05, 3.63) is 0 Å². The Bertz CT molecular complexity index is 682. The van der Waals surface area contributed by atoms with Gasteiger partial charge in [0.2, 0.25) is 0 Å². The van der Waals surface area contributed by atoms with E-state index in [0.29, 0.717) is 12.8 Å². The molecule has 0 aromatic carbocycles. The average molecular weight is 694 g/mol. The predicted molar refractivity (Wildman–Crippen MR) is 212 cm³/mol. The SMILES string of the molecule is CCCCCCCCC(C)OC(=O)CCCCCCCN(C)CCCCCCCC(=O)OC(CCCCCCCC)CCCCCCCC. The van der Waals surface area contributed by atoms with Gasteiger partial charge in [0.15, 0.2) is 0 Å². The summed E-state index contributed by atoms with van der Waals surface area (Å²) >= 11 is 0. The maximum absolute atomic E-state index is 12.6. The first-order valence-electron chi connectivity index (χ1n) is 22.0. The first-order valence-corrected chi connectivity index (χ1v) is 22.0. The number of hydrogen-bond donors (Lipinski definition) is 0. The van der Waals surface area contributed by atoms with Gasteiger partial charge in [-0.1, -0.05) is 156 Å². The van der Waals surface area contributed by atoms with Crippen molar-refractivity contribution in [1.82, 2.24) is 4.90 Å². The fourth-order valence-electron chi connectivity index (χ4n) is 6.84. The molecule has 0 aliphatic rings. The van der Waals surface area contributed by atoms with Crippen molar-refractivity contribution in [2.45, 2.75) is 252 Å². The molecule has 0 aliphatic carbocycles. The van der Waals surface area contributed by atoms with Gasteiger partial charge in [0, 0.05) is 12.8 Å². The summed E-state index contributed by atoms with van der Waals surface area (Å²) in [5.74, 6) is 0.0272. The summed E-state index contributed by atoms with van der Waals surface area (Å²) in [6, 6.07) is 0. The molecule has 0 saturated carbocycles. The highest BCUT2D eigenvalue weighted by Gasteiger charge is 2.14. The topological polar surface area (TPSA) is 55.8 Å². The molecule has 0 spiro atoms. The maximum atomic E-state index is 12.6. The van der Waals surface area contributed by atoms with Crippen LogP contribution < -0.4 is 0 Å². The third kappa shape index (κ3) is 36.5. The Hall–Kier alpha value is -1.10. The monoisotopic (exact) mass is 694 g/mol. The van der Waals surface area contributed by atoms with Gasteiger partial charge >= 0.3 is 11.9 Å². The van der Waals surface area contributed by atoms with Gasteiger partial charge in [-0.3, -0.25) is 9.59 Å². The molecule has 0 heterocycles. The highest BCUT2D eigenvalue weighted by atomic mass is 16.5. The second-order valence-electron chi connectivity index (χ2n) is 15.4. The van der Waals surface area contributed by atoms with Crippen LogP contribution >= 0.6 is 0 Å². The van der Waals surface area contributed by atoms with Crippen molar-refractivity contribution >= 4 is 11.9 Å². The smallest absolute Gasteiger partial charge is 0.306 e. The Labute approximate surface area is 307 Å². The molecule has 0 amide bonds. The number of rotatable bonds is 39. The molecular formula is C44H87NO4. The zero-order chi connectivity index (χ0) is 36.0. The van der Waals surface area contributed by atoms with Crippen LogP contribution in [0.25, 0.3) is 0 Å². The van der Waals surface area contributed by atoms with Gasteiger partial charge in [-0.25, -0.2) is 0 Å². The molecule has 0 fully saturated rings. The molecule has 0 N–H and O–H groups in total. The molecule has 1 atom stereocenters. The molecule has 5 heteroatoms. The quantitative estimate of drug-likeness (QED) is 0.0474. The normalized spacial score (nSPS) is 12.2. The maximum Gasteiger partial charge on any atom is 0.306 e. The van der Waals surface area contributed by atoms with Gasteiger partial charge in [-0.15, -0.1) is 0 Å². The summed E-state index contributed by atoms with van der Waals surface area (Å²) in [4.78, 5) is 27.2. The standard InChI is InChI=1S/C44H87NO4/c1-6-9-12-15-20-27-34-41(4)48-43(46)37-30-23-18-25-32-39-45(5)40-33-26-19-24-31-38-44(47)49-42(35-28-21-16-13-10-7-2)36-29-22-17-14-11-8-3/h41-42H,6-40H2,1-5H3. The summed E-state index contributed by atoms with van der Waals surface area (Å²) in [7, 11) is 2.24. The highest BCUT2D eigenvalue weighted by Crippen LogP contribution is 2.19. The average Bonchev–Trinajstić information content (AvgIpc) is 3.08. The largest absolute Gasteiger partial charge is 0.463 e. The molecule has 0 rings (SSSR count). The van der Waals surface area contributed by atoms with Crippen molar-refractivity contribution in [3.63, 3.8) is 0 Å². The van der Waals surface area contributed by atoms with E-state index in [9.17, 15) is 9.59 Å². The van der Waals surface area contributed by atoms with E-state index in [-0.39, 0.29) is 24.1 Å². The molecule has 5 nitrogen and oxygen atoms in total. The van der Waals surface area contributed by atoms with Gasteiger partial charge in [0.25, 0.3) is 0 Å². The van der Waals surface area contributed by atoms with Crippen molar-refractivity contribution in [2.75, 3.05) is 20.1 Å². The Morgan fingerprint density at radius 3 is 1.18 bits per heavy atom. The minimum atomic E-state index is -0.00982. The van der Waals surface area contributed by atoms with Crippen LogP contribution in [-0.4, -0.2) is 49.2 Å². The fourth-order valence-corrected chi connectivity index (χ4v) is 6.84. The van der Waals surface area contributed by atoms with Gasteiger partial charge in [-0.2, -0.15) is 0 Å². The van der Waals surface area contributed by atoms with E-state index in [1.54, 1.807) is 0 Å². The lowest BCUT2D eigenvalue weighted by Gasteiger charge is -2.18. The van der Waals surface area contributed by atoms with Crippen molar-refractivity contribution in [2.24, 2.45) is 0 Å². The van der Waals surface area contributed by atoms with Crippen molar-refractivity contribution < 1.29 is 19.1 Å². The number of carbonyl (C=O) groups is 2. The fraction of sp³-hybridized carbons (Fsp3) is 0.955. The third-order valence-corrected chi connectivity index (χ3v) is 10.2. The third-order valence-electron chi connectivity index (χ3n) is 10.2. The van der Waals surface area contributed by atoms with Crippen LogP contribution in [0, 0.1) is 0 Å². The minimum Gasteiger partial charge on any atom is -0.463 e. The van der Waals surface area contributed by atoms with Crippen LogP contribution in [0.1, 0.15) is 240 Å². The first-order chi connectivity index (χ1) is 23.9. The van der Waals surface area contributed by atoms with Crippen LogP contribution in [0.3, 0.4) is 0 Å². The van der Waals surface area contributed by atoms with Crippen LogP contribution in [-0.2, 0) is 19.1 Å². The predicted octanol–water partition coefficient (Wildman–Crippen LogP) is 13.7. The summed E-state index contributed by atoms with van der Waals surface area (Å²) < 4.78 is 11.6. The van der Waals surface area contributed by atoms with Gasteiger partial charge in [0.05, 0.1) is 6.10 Å². The van der Waals surface area contributed by atoms with Crippen molar-refractivity contribution in [3.8, 4) is 0 Å². The summed E-state index contributed by atoms with van der Waals surface area (Å²) in [5, 5.41) is 0. The van der Waals surface area contributed by atoms with Gasteiger partial charge in [-0.05, 0) is 91.3 Å². The highest BCUT2D eigenvalue weighted by molar-refractivity contribution is 5.69. The zero-order valence-electron chi connectivity index (χ0n) is 34.0.